The van der Waals surface area contributed by atoms with E-state index >= 15 is 0 Å². The number of hydrogen-bond acceptors (Lipinski definition) is 1. The van der Waals surface area contributed by atoms with Gasteiger partial charge in [-0.3, -0.25) is 0 Å². The average Bonchev–Trinajstić information content (AvgIpc) is 1.78. The molecule has 1 N–H and O–H groups in total. The topological polar surface area (TPSA) is 20.2 Å². The number of alkyl halides is 1. The Labute approximate surface area is 67.4 Å². The van der Waals surface area contributed by atoms with E-state index in [0.29, 0.717) is 12.3 Å². The van der Waals surface area contributed by atoms with Crippen LogP contribution in [0.15, 0.2) is 0 Å². The highest BCUT2D eigenvalue weighted by atomic mass is 35.5. The fourth-order valence-electron chi connectivity index (χ4n) is 0.504. The molecule has 0 atom stereocenters. The summed E-state index contributed by atoms with van der Waals surface area (Å²) in [5.41, 5.74) is -0.596. The van der Waals surface area contributed by atoms with Gasteiger partial charge in [0.1, 0.15) is 0 Å². The lowest BCUT2D eigenvalue weighted by Crippen LogP contribution is -2.17. The molecule has 0 amide bonds. The molecule has 10 heavy (non-hydrogen) atoms. The molecular formula is C8H13ClO. The van der Waals surface area contributed by atoms with Crippen LogP contribution in [0.5, 0.6) is 0 Å². The van der Waals surface area contributed by atoms with Gasteiger partial charge in [-0.15, -0.1) is 17.5 Å². The van der Waals surface area contributed by atoms with Crippen molar-refractivity contribution in [3.05, 3.63) is 0 Å². The number of rotatable bonds is 2. The maximum absolute atomic E-state index is 9.22. The molecule has 0 saturated carbocycles. The molecule has 0 spiro atoms. The molecule has 0 aliphatic carbocycles. The van der Waals surface area contributed by atoms with Crippen molar-refractivity contribution in [2.45, 2.75) is 32.3 Å². The molecule has 58 valence electrons. The summed E-state index contributed by atoms with van der Waals surface area (Å²) in [6.45, 7) is 3.55. The first kappa shape index (κ1) is 9.81. The number of aliphatic hydroxyl groups is 1. The zero-order chi connectivity index (χ0) is 8.04. The molecule has 0 aliphatic heterocycles. The molecule has 0 bridgehead atoms. The lowest BCUT2D eigenvalue weighted by Gasteiger charge is -2.13. The molecule has 0 rings (SSSR count). The van der Waals surface area contributed by atoms with E-state index < -0.39 is 5.60 Å². The van der Waals surface area contributed by atoms with Crippen molar-refractivity contribution in [1.82, 2.24) is 0 Å². The Morgan fingerprint density at radius 3 is 2.40 bits per heavy atom. The highest BCUT2D eigenvalue weighted by molar-refractivity contribution is 6.19. The number of hydrogen-bond donors (Lipinski definition) is 1. The van der Waals surface area contributed by atoms with Crippen molar-refractivity contribution >= 4 is 11.6 Å². The minimum absolute atomic E-state index is 0.381. The zero-order valence-corrected chi connectivity index (χ0v) is 7.20. The maximum Gasteiger partial charge on any atom is 0.0835 e. The molecule has 2 heteroatoms. The van der Waals surface area contributed by atoms with Crippen molar-refractivity contribution in [3.63, 3.8) is 0 Å². The highest BCUT2D eigenvalue weighted by Gasteiger charge is 2.09. The van der Waals surface area contributed by atoms with Gasteiger partial charge < -0.3 is 5.11 Å². The van der Waals surface area contributed by atoms with Gasteiger partial charge in [0.15, 0.2) is 0 Å². The summed E-state index contributed by atoms with van der Waals surface area (Å²) in [7, 11) is 0. The van der Waals surface area contributed by atoms with Gasteiger partial charge in [0.2, 0.25) is 0 Å². The van der Waals surface area contributed by atoms with Crippen LogP contribution in [-0.2, 0) is 0 Å². The van der Waals surface area contributed by atoms with Crippen molar-refractivity contribution < 1.29 is 5.11 Å². The molecule has 1 nitrogen and oxygen atoms in total. The van der Waals surface area contributed by atoms with E-state index in [-0.39, 0.29) is 0 Å². The molecule has 0 aromatic carbocycles. The van der Waals surface area contributed by atoms with Crippen LogP contribution in [0.1, 0.15) is 26.7 Å². The summed E-state index contributed by atoms with van der Waals surface area (Å²) in [4.78, 5) is 0. The van der Waals surface area contributed by atoms with Gasteiger partial charge >= 0.3 is 0 Å². The lowest BCUT2D eigenvalue weighted by atomic mass is 10.0. The summed E-state index contributed by atoms with van der Waals surface area (Å²) in [5.74, 6) is 5.96. The van der Waals surface area contributed by atoms with Gasteiger partial charge in [-0.05, 0) is 20.3 Å². The van der Waals surface area contributed by atoms with Crippen LogP contribution < -0.4 is 0 Å². The van der Waals surface area contributed by atoms with E-state index in [1.165, 1.54) is 0 Å². The SMILES string of the molecule is CC(C)(O)CCC#CCCl. The minimum Gasteiger partial charge on any atom is -0.390 e. The Morgan fingerprint density at radius 1 is 1.40 bits per heavy atom. The van der Waals surface area contributed by atoms with Gasteiger partial charge in [0.25, 0.3) is 0 Å². The Balaban J connectivity index is 3.37. The molecular weight excluding hydrogens is 148 g/mol. The van der Waals surface area contributed by atoms with Crippen molar-refractivity contribution in [3.8, 4) is 11.8 Å². The lowest BCUT2D eigenvalue weighted by molar-refractivity contribution is 0.0727. The van der Waals surface area contributed by atoms with Gasteiger partial charge in [-0.2, -0.15) is 0 Å². The van der Waals surface area contributed by atoms with Crippen LogP contribution in [0.2, 0.25) is 0 Å². The zero-order valence-electron chi connectivity index (χ0n) is 6.45. The van der Waals surface area contributed by atoms with E-state index in [9.17, 15) is 5.11 Å². The fraction of sp³-hybridized carbons (Fsp3) is 0.750. The second-order valence-corrected chi connectivity index (χ2v) is 3.07. The highest BCUT2D eigenvalue weighted by Crippen LogP contribution is 2.08. The van der Waals surface area contributed by atoms with Crippen molar-refractivity contribution in [1.29, 1.82) is 0 Å². The van der Waals surface area contributed by atoms with E-state index in [2.05, 4.69) is 11.8 Å². The predicted octanol–water partition coefficient (Wildman–Crippen LogP) is 1.78. The average molecular weight is 161 g/mol. The summed E-state index contributed by atoms with van der Waals surface area (Å²) < 4.78 is 0. The Kier molecular flexibility index (Phi) is 4.51. The fourth-order valence-corrected chi connectivity index (χ4v) is 0.599. The smallest absolute Gasteiger partial charge is 0.0835 e. The van der Waals surface area contributed by atoms with Gasteiger partial charge in [-0.25, -0.2) is 0 Å². The van der Waals surface area contributed by atoms with Crippen LogP contribution in [0, 0.1) is 11.8 Å². The van der Waals surface area contributed by atoms with Crippen LogP contribution in [0.4, 0.5) is 0 Å². The standard InChI is InChI=1S/C8H13ClO/c1-8(2,10)6-4-3-5-7-9/h10H,4,6-7H2,1-2H3. The van der Waals surface area contributed by atoms with Crippen molar-refractivity contribution in [2.75, 3.05) is 5.88 Å². The second-order valence-electron chi connectivity index (χ2n) is 2.80. The molecule has 0 aromatic rings. The van der Waals surface area contributed by atoms with Crippen molar-refractivity contribution in [2.24, 2.45) is 0 Å². The van der Waals surface area contributed by atoms with E-state index in [1.54, 1.807) is 13.8 Å². The van der Waals surface area contributed by atoms with Crippen LogP contribution in [0.3, 0.4) is 0 Å². The first-order valence-electron chi connectivity index (χ1n) is 3.30. The Morgan fingerprint density at radius 2 is 2.00 bits per heavy atom. The van der Waals surface area contributed by atoms with Gasteiger partial charge in [0.05, 0.1) is 11.5 Å². The van der Waals surface area contributed by atoms with Crippen LogP contribution >= 0.6 is 11.6 Å². The van der Waals surface area contributed by atoms with Gasteiger partial charge in [-0.1, -0.05) is 5.92 Å². The van der Waals surface area contributed by atoms with E-state index in [1.807, 2.05) is 0 Å². The normalized spacial score (nSPS) is 10.4. The molecule has 0 radical (unpaired) electrons. The quantitative estimate of drug-likeness (QED) is 0.482. The summed E-state index contributed by atoms with van der Waals surface area (Å²) in [6, 6.07) is 0. The molecule has 0 heterocycles. The largest absolute Gasteiger partial charge is 0.390 e. The van der Waals surface area contributed by atoms with Crippen LogP contribution in [-0.4, -0.2) is 16.6 Å². The maximum atomic E-state index is 9.22. The minimum atomic E-state index is -0.596. The molecule has 0 aromatic heterocycles. The third kappa shape index (κ3) is 7.81. The number of halogens is 1. The third-order valence-corrected chi connectivity index (χ3v) is 1.19. The molecule has 0 aliphatic rings. The summed E-state index contributed by atoms with van der Waals surface area (Å²) in [6.07, 6.45) is 1.42. The van der Waals surface area contributed by atoms with E-state index in [0.717, 1.165) is 6.42 Å². The first-order valence-corrected chi connectivity index (χ1v) is 3.84. The summed E-state index contributed by atoms with van der Waals surface area (Å²) >= 11 is 5.32. The third-order valence-electron chi connectivity index (χ3n) is 1.05. The Bertz CT molecular complexity index is 136. The second kappa shape index (κ2) is 4.60. The molecule has 0 saturated heterocycles. The molecule has 0 fully saturated rings. The summed E-state index contributed by atoms with van der Waals surface area (Å²) in [5, 5.41) is 9.22. The Hall–Kier alpha value is -0.190. The van der Waals surface area contributed by atoms with Crippen LogP contribution in [0.25, 0.3) is 0 Å². The predicted molar refractivity (Wildman–Crippen MR) is 44.0 cm³/mol. The monoisotopic (exact) mass is 160 g/mol. The first-order chi connectivity index (χ1) is 4.56. The van der Waals surface area contributed by atoms with E-state index in [4.69, 9.17) is 11.6 Å². The molecule has 0 unspecified atom stereocenters. The van der Waals surface area contributed by atoms with Gasteiger partial charge in [0, 0.05) is 6.42 Å².